The lowest BCUT2D eigenvalue weighted by atomic mass is 10.1. The molecule has 0 N–H and O–H groups in total. The molecular formula is C20H20O5. The fourth-order valence-corrected chi connectivity index (χ4v) is 3.17. The van der Waals surface area contributed by atoms with E-state index in [4.69, 9.17) is 18.9 Å². The van der Waals surface area contributed by atoms with E-state index in [0.717, 1.165) is 11.1 Å². The van der Waals surface area contributed by atoms with Gasteiger partial charge in [0.2, 0.25) is 0 Å². The Balaban J connectivity index is 1.32. The Labute approximate surface area is 146 Å². The summed E-state index contributed by atoms with van der Waals surface area (Å²) in [7, 11) is 0. The molecule has 0 aliphatic carbocycles. The van der Waals surface area contributed by atoms with Crippen molar-refractivity contribution in [3.63, 3.8) is 0 Å². The van der Waals surface area contributed by atoms with Gasteiger partial charge in [-0.2, -0.15) is 0 Å². The van der Waals surface area contributed by atoms with Crippen LogP contribution in [0.2, 0.25) is 0 Å². The summed E-state index contributed by atoms with van der Waals surface area (Å²) in [6, 6.07) is 19.6. The second kappa shape index (κ2) is 7.35. The molecule has 4 rings (SSSR count). The predicted molar refractivity (Wildman–Crippen MR) is 89.4 cm³/mol. The highest BCUT2D eigenvalue weighted by Gasteiger charge is 2.52. The van der Waals surface area contributed by atoms with E-state index in [9.17, 15) is 4.79 Å². The van der Waals surface area contributed by atoms with Gasteiger partial charge in [-0.15, -0.1) is 0 Å². The van der Waals surface area contributed by atoms with Crippen LogP contribution in [0.4, 0.5) is 0 Å². The summed E-state index contributed by atoms with van der Waals surface area (Å²) < 4.78 is 22.9. The standard InChI is InChI=1S/C20H20O5/c21-20-19(23-13-15-9-5-2-6-10-15)18-16(24-20)11-17(25-18)22-12-14-7-3-1-4-8-14/h1-10,16-19H,11-13H2/t16-,17?,18+,19-/m1/s1. The first-order chi connectivity index (χ1) is 12.3. The molecule has 2 aliphatic rings. The van der Waals surface area contributed by atoms with Crippen LogP contribution in [0.5, 0.6) is 0 Å². The molecular weight excluding hydrogens is 320 g/mol. The van der Waals surface area contributed by atoms with E-state index in [1.807, 2.05) is 60.7 Å². The van der Waals surface area contributed by atoms with Crippen LogP contribution >= 0.6 is 0 Å². The molecule has 2 aromatic carbocycles. The third-order valence-corrected chi connectivity index (χ3v) is 4.45. The van der Waals surface area contributed by atoms with E-state index in [1.165, 1.54) is 0 Å². The second-order valence-corrected chi connectivity index (χ2v) is 6.26. The number of rotatable bonds is 6. The highest BCUT2D eigenvalue weighted by atomic mass is 16.7. The number of carbonyl (C=O) groups excluding carboxylic acids is 1. The number of fused-ring (bicyclic) bond motifs is 1. The van der Waals surface area contributed by atoms with Crippen LogP contribution in [0.1, 0.15) is 17.5 Å². The zero-order valence-corrected chi connectivity index (χ0v) is 13.7. The van der Waals surface area contributed by atoms with Gasteiger partial charge in [-0.25, -0.2) is 4.79 Å². The summed E-state index contributed by atoms with van der Waals surface area (Å²) in [6.07, 6.45) is -1.25. The van der Waals surface area contributed by atoms with E-state index in [1.54, 1.807) is 0 Å². The van der Waals surface area contributed by atoms with Gasteiger partial charge in [0.05, 0.1) is 13.2 Å². The molecule has 2 saturated heterocycles. The number of esters is 1. The summed E-state index contributed by atoms with van der Waals surface area (Å²) >= 11 is 0. The van der Waals surface area contributed by atoms with Crippen molar-refractivity contribution in [2.75, 3.05) is 0 Å². The molecule has 0 spiro atoms. The van der Waals surface area contributed by atoms with Crippen LogP contribution in [0.25, 0.3) is 0 Å². The molecule has 0 bridgehead atoms. The quantitative estimate of drug-likeness (QED) is 0.757. The Morgan fingerprint density at radius 1 is 0.880 bits per heavy atom. The molecule has 25 heavy (non-hydrogen) atoms. The van der Waals surface area contributed by atoms with Crippen molar-refractivity contribution in [2.24, 2.45) is 0 Å². The Kier molecular flexibility index (Phi) is 4.78. The maximum atomic E-state index is 12.0. The van der Waals surface area contributed by atoms with E-state index < -0.39 is 12.2 Å². The molecule has 0 saturated carbocycles. The molecule has 2 fully saturated rings. The first-order valence-corrected chi connectivity index (χ1v) is 8.46. The van der Waals surface area contributed by atoms with Gasteiger partial charge in [-0.3, -0.25) is 0 Å². The van der Waals surface area contributed by atoms with Crippen molar-refractivity contribution in [1.82, 2.24) is 0 Å². The highest BCUT2D eigenvalue weighted by Crippen LogP contribution is 2.34. The van der Waals surface area contributed by atoms with Crippen molar-refractivity contribution < 1.29 is 23.7 Å². The summed E-state index contributed by atoms with van der Waals surface area (Å²) in [5.41, 5.74) is 2.09. The summed E-state index contributed by atoms with van der Waals surface area (Å²) in [4.78, 5) is 12.0. The fourth-order valence-electron chi connectivity index (χ4n) is 3.17. The lowest BCUT2D eigenvalue weighted by molar-refractivity contribution is -0.174. The number of benzene rings is 2. The van der Waals surface area contributed by atoms with Crippen molar-refractivity contribution in [3.8, 4) is 0 Å². The third-order valence-electron chi connectivity index (χ3n) is 4.45. The molecule has 2 aromatic rings. The van der Waals surface area contributed by atoms with Crippen molar-refractivity contribution in [2.45, 2.75) is 44.2 Å². The van der Waals surface area contributed by atoms with E-state index in [2.05, 4.69) is 0 Å². The average Bonchev–Trinajstić information content (AvgIpc) is 3.16. The van der Waals surface area contributed by atoms with Gasteiger partial charge in [0, 0.05) is 6.42 Å². The normalized spacial score (nSPS) is 27.9. The van der Waals surface area contributed by atoms with Gasteiger partial charge >= 0.3 is 5.97 Å². The molecule has 5 heteroatoms. The minimum absolute atomic E-state index is 0.297. The van der Waals surface area contributed by atoms with Crippen molar-refractivity contribution >= 4 is 5.97 Å². The molecule has 130 valence electrons. The molecule has 0 amide bonds. The number of hydrogen-bond donors (Lipinski definition) is 0. The fraction of sp³-hybridized carbons (Fsp3) is 0.350. The SMILES string of the molecule is O=C1O[C@@H]2CC(OCc3ccccc3)O[C@@H]2[C@H]1OCc1ccccc1. The Bertz CT molecular complexity index is 703. The lowest BCUT2D eigenvalue weighted by Gasteiger charge is -2.17. The van der Waals surface area contributed by atoms with Crippen molar-refractivity contribution in [3.05, 3.63) is 71.8 Å². The first-order valence-electron chi connectivity index (χ1n) is 8.46. The van der Waals surface area contributed by atoms with Crippen LogP contribution in [0.3, 0.4) is 0 Å². The van der Waals surface area contributed by atoms with Crippen LogP contribution in [-0.2, 0) is 37.0 Å². The monoisotopic (exact) mass is 340 g/mol. The maximum absolute atomic E-state index is 12.0. The first kappa shape index (κ1) is 16.3. The molecule has 0 radical (unpaired) electrons. The molecule has 4 atom stereocenters. The zero-order valence-electron chi connectivity index (χ0n) is 13.7. The molecule has 2 heterocycles. The van der Waals surface area contributed by atoms with Crippen LogP contribution in [0.15, 0.2) is 60.7 Å². The predicted octanol–water partition coefficient (Wildman–Crippen LogP) is 2.83. The van der Waals surface area contributed by atoms with Gasteiger partial charge in [-0.1, -0.05) is 60.7 Å². The van der Waals surface area contributed by atoms with Crippen LogP contribution < -0.4 is 0 Å². The Morgan fingerprint density at radius 2 is 1.48 bits per heavy atom. The van der Waals surface area contributed by atoms with Gasteiger partial charge in [0.1, 0.15) is 12.2 Å². The van der Waals surface area contributed by atoms with Crippen LogP contribution in [-0.4, -0.2) is 30.6 Å². The van der Waals surface area contributed by atoms with Gasteiger partial charge in [0.25, 0.3) is 0 Å². The van der Waals surface area contributed by atoms with E-state index in [0.29, 0.717) is 19.6 Å². The van der Waals surface area contributed by atoms with Crippen molar-refractivity contribution in [1.29, 1.82) is 0 Å². The summed E-state index contributed by atoms with van der Waals surface area (Å²) in [6.45, 7) is 0.817. The zero-order chi connectivity index (χ0) is 17.1. The molecule has 1 unspecified atom stereocenters. The molecule has 2 aliphatic heterocycles. The third kappa shape index (κ3) is 3.74. The number of carbonyl (C=O) groups is 1. The minimum atomic E-state index is -0.699. The van der Waals surface area contributed by atoms with Crippen LogP contribution in [0, 0.1) is 0 Å². The Hall–Kier alpha value is -2.21. The van der Waals surface area contributed by atoms with Gasteiger partial charge < -0.3 is 18.9 Å². The maximum Gasteiger partial charge on any atom is 0.338 e. The molecule has 0 aromatic heterocycles. The largest absolute Gasteiger partial charge is 0.457 e. The topological polar surface area (TPSA) is 54.0 Å². The summed E-state index contributed by atoms with van der Waals surface area (Å²) in [5, 5.41) is 0. The summed E-state index contributed by atoms with van der Waals surface area (Å²) in [5.74, 6) is -0.354. The second-order valence-electron chi connectivity index (χ2n) is 6.26. The van der Waals surface area contributed by atoms with E-state index in [-0.39, 0.29) is 18.4 Å². The number of ether oxygens (including phenoxy) is 4. The molecule has 5 nitrogen and oxygen atoms in total. The van der Waals surface area contributed by atoms with Gasteiger partial charge in [0.15, 0.2) is 12.4 Å². The minimum Gasteiger partial charge on any atom is -0.457 e. The Morgan fingerprint density at radius 3 is 2.12 bits per heavy atom. The van der Waals surface area contributed by atoms with Gasteiger partial charge in [-0.05, 0) is 11.1 Å². The van der Waals surface area contributed by atoms with E-state index >= 15 is 0 Å². The average molecular weight is 340 g/mol. The number of hydrogen-bond acceptors (Lipinski definition) is 5. The smallest absolute Gasteiger partial charge is 0.338 e. The highest BCUT2D eigenvalue weighted by molar-refractivity contribution is 5.78. The lowest BCUT2D eigenvalue weighted by Crippen LogP contribution is -2.33.